The lowest BCUT2D eigenvalue weighted by Gasteiger charge is -2.31. The van der Waals surface area contributed by atoms with Gasteiger partial charge in [-0.1, -0.05) is 217 Å². The van der Waals surface area contributed by atoms with Gasteiger partial charge in [0.15, 0.2) is 0 Å². The van der Waals surface area contributed by atoms with Crippen LogP contribution in [0.2, 0.25) is 0 Å². The SMILES string of the molecule is C=Cc1ccc(-c2c(C)cc(C)c(B(c3c(C)cc(C)c(-c4cccnc4)c3C)c3c(C)cc(C)c(-c4cccnc4)c3C)c2C)cc1.C=Cc1ccc(B(O)O)cc1.Cc1cc(C)c(B(c2c(C)cc(C)c(-c3cccnc3)c2C)c2c(C)cc(C)c(-c3cccnc3)c2C)c(C)c1Br.II. The van der Waals surface area contributed by atoms with Gasteiger partial charge in [-0.25, -0.2) is 0 Å². The Labute approximate surface area is 640 Å². The average molecular weight is 1630 g/mol. The van der Waals surface area contributed by atoms with Crippen LogP contribution in [0.1, 0.15) is 111 Å². The van der Waals surface area contributed by atoms with Gasteiger partial charge in [-0.3, -0.25) is 19.9 Å². The van der Waals surface area contributed by atoms with Crippen molar-refractivity contribution in [3.05, 3.63) is 312 Å². The van der Waals surface area contributed by atoms with E-state index in [9.17, 15) is 0 Å². The summed E-state index contributed by atoms with van der Waals surface area (Å²) < 4.78 is 1.19. The molecule has 0 unspecified atom stereocenters. The van der Waals surface area contributed by atoms with Crippen molar-refractivity contribution in [3.8, 4) is 55.6 Å². The lowest BCUT2D eigenvalue weighted by atomic mass is 9.32. The quantitative estimate of drug-likeness (QED) is 0.0833. The monoisotopic (exact) mass is 1630 g/mol. The third-order valence-electron chi connectivity index (χ3n) is 20.5. The van der Waals surface area contributed by atoms with Crippen molar-refractivity contribution in [2.45, 2.75) is 125 Å². The summed E-state index contributed by atoms with van der Waals surface area (Å²) in [6, 6.07) is 46.8. The molecule has 8 aromatic carbocycles. The summed E-state index contributed by atoms with van der Waals surface area (Å²) in [5, 5.41) is 17.4. The fraction of sp³-hybridized carbons (Fsp3) is 0.200. The topological polar surface area (TPSA) is 92.0 Å². The van der Waals surface area contributed by atoms with Crippen LogP contribution in [0, 0.1) is 125 Å². The number of nitrogens with zero attached hydrogens (tertiary/aromatic N) is 4. The van der Waals surface area contributed by atoms with Crippen molar-refractivity contribution >= 4 is 124 Å². The third-order valence-corrected chi connectivity index (χ3v) is 21.8. The van der Waals surface area contributed by atoms with E-state index in [1.165, 1.54) is 171 Å². The minimum atomic E-state index is -1.38. The van der Waals surface area contributed by atoms with Crippen molar-refractivity contribution in [2.24, 2.45) is 0 Å². The Kier molecular flexibility index (Phi) is 26.4. The summed E-state index contributed by atoms with van der Waals surface area (Å²) in [6.07, 6.45) is 19.0. The van der Waals surface area contributed by atoms with Crippen LogP contribution in [-0.2, 0) is 0 Å². The summed E-state index contributed by atoms with van der Waals surface area (Å²) in [7, 11) is -1.38. The van der Waals surface area contributed by atoms with Crippen LogP contribution in [0.25, 0.3) is 67.8 Å². The lowest BCUT2D eigenvalue weighted by molar-refractivity contribution is 0.426. The van der Waals surface area contributed by atoms with Crippen molar-refractivity contribution in [1.29, 1.82) is 0 Å². The maximum atomic E-state index is 8.72. The number of halogens is 3. The van der Waals surface area contributed by atoms with E-state index >= 15 is 0 Å². The van der Waals surface area contributed by atoms with Gasteiger partial charge in [0.1, 0.15) is 0 Å². The molecule has 102 heavy (non-hydrogen) atoms. The molecule has 0 aliphatic heterocycles. The highest BCUT2D eigenvalue weighted by Crippen LogP contribution is 2.36. The van der Waals surface area contributed by atoms with Crippen LogP contribution in [0.3, 0.4) is 0 Å². The molecule has 0 aliphatic rings. The molecule has 4 aromatic heterocycles. The molecule has 0 aliphatic carbocycles. The fourth-order valence-electron chi connectivity index (χ4n) is 16.6. The largest absolute Gasteiger partial charge is 0.488 e. The van der Waals surface area contributed by atoms with Gasteiger partial charge in [-0.2, -0.15) is 0 Å². The van der Waals surface area contributed by atoms with Crippen molar-refractivity contribution in [3.63, 3.8) is 0 Å². The molecular formula is C90H92B3BrI2N4O2. The molecule has 4 heterocycles. The number of hydrogen-bond donors (Lipinski definition) is 2. The summed E-state index contributed by atoms with van der Waals surface area (Å²) in [5.41, 5.74) is 46.5. The Morgan fingerprint density at radius 3 is 0.784 bits per heavy atom. The van der Waals surface area contributed by atoms with E-state index in [1.54, 1.807) is 30.3 Å². The number of aromatic nitrogens is 4. The first kappa shape index (κ1) is 78.0. The standard InChI is InChI=1S/C45H45BN2.C37H38BBrN2.C8H9BO2.I2/c1-11-36-16-18-37(19-17-36)40-27(2)22-30(5)43(33(40)8)46(44-31(6)23-28(3)41(34(44)9)38-14-12-20-47-25-38)45-32(7)24-29(4)42(35(45)10)39-15-13-21-48-26-39;1-21-16-23(3)34(27(7)32(21)30-12-10-14-40-19-30)38(36-25(5)18-26(6)37(39)29(36)9)35-24(4)17-22(2)33(28(35)8)31-13-11-15-41-20-31;1-2-7-3-5-8(6-4-7)9(10)11;1-2/h11-26H,1H2,2-10H3;10-20H,1-9H3;2-6,10-11H,1H2;. The first-order valence-electron chi connectivity index (χ1n) is 34.7. The maximum Gasteiger partial charge on any atom is 0.488 e. The van der Waals surface area contributed by atoms with Crippen molar-refractivity contribution < 1.29 is 10.0 Å². The molecule has 0 saturated carbocycles. The molecule has 12 rings (SSSR count). The fourth-order valence-corrected chi connectivity index (χ4v) is 16.9. The Balaban J connectivity index is 0.000000204. The van der Waals surface area contributed by atoms with Crippen LogP contribution in [0.5, 0.6) is 0 Å². The zero-order valence-electron chi connectivity index (χ0n) is 62.4. The zero-order chi connectivity index (χ0) is 74.1. The van der Waals surface area contributed by atoms with Gasteiger partial charge >= 0.3 is 7.12 Å². The molecule has 0 atom stereocenters. The smallest absolute Gasteiger partial charge is 0.423 e. The second-order valence-corrected chi connectivity index (χ2v) is 28.2. The van der Waals surface area contributed by atoms with E-state index < -0.39 is 7.12 Å². The molecule has 0 bridgehead atoms. The Morgan fingerprint density at radius 1 is 0.314 bits per heavy atom. The highest BCUT2D eigenvalue weighted by molar-refractivity contribution is 15.0. The first-order valence-corrected chi connectivity index (χ1v) is 41.7. The third kappa shape index (κ3) is 16.3. The predicted octanol–water partition coefficient (Wildman–Crippen LogP) is 19.1. The Morgan fingerprint density at radius 2 is 0.549 bits per heavy atom. The molecule has 514 valence electrons. The van der Waals surface area contributed by atoms with E-state index in [0.717, 1.165) is 33.4 Å². The average Bonchev–Trinajstić information content (AvgIpc) is 0.737. The Hall–Kier alpha value is -8.11. The molecule has 0 fully saturated rings. The zero-order valence-corrected chi connectivity index (χ0v) is 68.3. The van der Waals surface area contributed by atoms with Crippen LogP contribution in [-0.4, -0.2) is 50.5 Å². The number of aryl methyl sites for hydroxylation is 12. The maximum absolute atomic E-state index is 8.72. The summed E-state index contributed by atoms with van der Waals surface area (Å²) in [4.78, 5) is 18.0. The van der Waals surface area contributed by atoms with E-state index in [1.807, 2.05) is 79.9 Å². The summed E-state index contributed by atoms with van der Waals surface area (Å²) >= 11 is 8.20. The number of pyridine rings is 4. The second-order valence-electron chi connectivity index (χ2n) is 27.4. The van der Waals surface area contributed by atoms with Crippen LogP contribution in [0.4, 0.5) is 0 Å². The normalized spacial score (nSPS) is 10.8. The predicted molar refractivity (Wildman–Crippen MR) is 464 cm³/mol. The first-order chi connectivity index (χ1) is 48.8. The van der Waals surface area contributed by atoms with Gasteiger partial charge < -0.3 is 10.0 Å². The van der Waals surface area contributed by atoms with Gasteiger partial charge in [0, 0.05) is 114 Å². The lowest BCUT2D eigenvalue weighted by Crippen LogP contribution is -2.58. The van der Waals surface area contributed by atoms with E-state index in [4.69, 9.17) is 10.0 Å². The number of rotatable bonds is 14. The van der Waals surface area contributed by atoms with Gasteiger partial charge in [0.25, 0.3) is 0 Å². The Bertz CT molecular complexity index is 4850. The van der Waals surface area contributed by atoms with Gasteiger partial charge in [-0.05, 0) is 266 Å². The molecule has 6 nitrogen and oxygen atoms in total. The van der Waals surface area contributed by atoms with Gasteiger partial charge in [-0.15, -0.1) is 0 Å². The van der Waals surface area contributed by atoms with Crippen LogP contribution < -0.4 is 38.2 Å². The minimum absolute atomic E-state index is 0.00356. The highest BCUT2D eigenvalue weighted by atomic mass is 128. The molecule has 0 amide bonds. The van der Waals surface area contributed by atoms with Crippen molar-refractivity contribution in [1.82, 2.24) is 19.9 Å². The molecule has 0 radical (unpaired) electrons. The van der Waals surface area contributed by atoms with Gasteiger partial charge in [0.05, 0.1) is 0 Å². The van der Waals surface area contributed by atoms with Crippen molar-refractivity contribution in [2.75, 3.05) is 0 Å². The molecule has 0 spiro atoms. The summed E-state index contributed by atoms with van der Waals surface area (Å²) in [5.74, 6) is 0. The number of benzene rings is 8. The highest BCUT2D eigenvalue weighted by Gasteiger charge is 2.36. The molecular weight excluding hydrogens is 1540 g/mol. The van der Waals surface area contributed by atoms with Crippen LogP contribution >= 0.6 is 53.2 Å². The van der Waals surface area contributed by atoms with E-state index in [0.29, 0.717) is 5.46 Å². The second kappa shape index (κ2) is 34.5. The molecule has 12 heteroatoms. The molecule has 12 aromatic rings. The number of hydrogen-bond acceptors (Lipinski definition) is 6. The van der Waals surface area contributed by atoms with E-state index in [-0.39, 0.29) is 13.4 Å². The van der Waals surface area contributed by atoms with E-state index in [2.05, 4.69) is 296 Å². The minimum Gasteiger partial charge on any atom is -0.423 e. The van der Waals surface area contributed by atoms with Crippen LogP contribution in [0.15, 0.2) is 201 Å². The molecule has 0 saturated heterocycles. The summed E-state index contributed by atoms with van der Waals surface area (Å²) in [6.45, 7) is 48.6. The molecule has 2 N–H and O–H groups in total. The van der Waals surface area contributed by atoms with Gasteiger partial charge in [0.2, 0.25) is 13.4 Å².